The Labute approximate surface area is 124 Å². The van der Waals surface area contributed by atoms with Gasteiger partial charge in [0.15, 0.2) is 0 Å². The van der Waals surface area contributed by atoms with Crippen LogP contribution in [0.1, 0.15) is 42.3 Å². The van der Waals surface area contributed by atoms with Crippen LogP contribution in [0.3, 0.4) is 0 Å². The summed E-state index contributed by atoms with van der Waals surface area (Å²) in [5.74, 6) is 0.591. The standard InChI is InChI=1S/C14H23N3O2S/c1-10-13(20-17-16-10)12(15-2)11-3-6-19-14(9-11)4-7-18-8-5-14/h11-12,15H,3-9H2,1-2H3. The second-order valence-corrected chi connectivity index (χ2v) is 6.67. The lowest BCUT2D eigenvalue weighted by Crippen LogP contribution is -2.46. The monoisotopic (exact) mass is 297 g/mol. The molecule has 0 aromatic carbocycles. The van der Waals surface area contributed by atoms with E-state index in [-0.39, 0.29) is 5.60 Å². The summed E-state index contributed by atoms with van der Waals surface area (Å²) < 4.78 is 15.7. The van der Waals surface area contributed by atoms with Gasteiger partial charge < -0.3 is 14.8 Å². The van der Waals surface area contributed by atoms with Gasteiger partial charge in [-0.2, -0.15) is 0 Å². The number of aryl methyl sites for hydroxylation is 1. The molecule has 112 valence electrons. The van der Waals surface area contributed by atoms with Crippen molar-refractivity contribution in [1.29, 1.82) is 0 Å². The van der Waals surface area contributed by atoms with Crippen LogP contribution >= 0.6 is 11.5 Å². The second-order valence-electron chi connectivity index (χ2n) is 5.89. The van der Waals surface area contributed by atoms with Gasteiger partial charge in [0, 0.05) is 25.9 Å². The molecule has 2 aliphatic rings. The van der Waals surface area contributed by atoms with Crippen molar-refractivity contribution >= 4 is 11.5 Å². The van der Waals surface area contributed by atoms with Gasteiger partial charge in [0.05, 0.1) is 16.2 Å². The van der Waals surface area contributed by atoms with Crippen LogP contribution in [-0.2, 0) is 9.47 Å². The van der Waals surface area contributed by atoms with Crippen molar-refractivity contribution in [2.75, 3.05) is 26.9 Å². The number of nitrogens with zero attached hydrogens (tertiary/aromatic N) is 2. The van der Waals surface area contributed by atoms with E-state index in [4.69, 9.17) is 9.47 Å². The van der Waals surface area contributed by atoms with E-state index in [2.05, 4.69) is 14.9 Å². The molecule has 2 atom stereocenters. The third-order valence-corrected chi connectivity index (χ3v) is 5.60. The first-order valence-electron chi connectivity index (χ1n) is 7.42. The van der Waals surface area contributed by atoms with E-state index in [0.29, 0.717) is 12.0 Å². The molecule has 1 N–H and O–H groups in total. The summed E-state index contributed by atoms with van der Waals surface area (Å²) in [7, 11) is 2.04. The quantitative estimate of drug-likeness (QED) is 0.926. The Morgan fingerprint density at radius 2 is 2.15 bits per heavy atom. The Balaban J connectivity index is 1.76. The van der Waals surface area contributed by atoms with Gasteiger partial charge in [0.25, 0.3) is 0 Å². The molecular weight excluding hydrogens is 274 g/mol. The Bertz CT molecular complexity index is 440. The maximum absolute atomic E-state index is 6.14. The van der Waals surface area contributed by atoms with E-state index in [9.17, 15) is 0 Å². The zero-order valence-electron chi connectivity index (χ0n) is 12.2. The highest BCUT2D eigenvalue weighted by Crippen LogP contribution is 2.42. The minimum Gasteiger partial charge on any atom is -0.381 e. The highest BCUT2D eigenvalue weighted by molar-refractivity contribution is 7.05. The van der Waals surface area contributed by atoms with Gasteiger partial charge >= 0.3 is 0 Å². The predicted molar refractivity (Wildman–Crippen MR) is 77.9 cm³/mol. The second kappa shape index (κ2) is 6.05. The first-order valence-corrected chi connectivity index (χ1v) is 8.19. The Morgan fingerprint density at radius 1 is 1.35 bits per heavy atom. The lowest BCUT2D eigenvalue weighted by molar-refractivity contribution is -0.150. The lowest BCUT2D eigenvalue weighted by atomic mass is 9.77. The van der Waals surface area contributed by atoms with E-state index in [0.717, 1.165) is 51.2 Å². The van der Waals surface area contributed by atoms with E-state index in [1.54, 1.807) is 0 Å². The summed E-state index contributed by atoms with van der Waals surface area (Å²) in [6.07, 6.45) is 4.27. The summed E-state index contributed by atoms with van der Waals surface area (Å²) in [5, 5.41) is 7.64. The van der Waals surface area contributed by atoms with Crippen LogP contribution in [0.15, 0.2) is 0 Å². The van der Waals surface area contributed by atoms with Crippen molar-refractivity contribution in [3.05, 3.63) is 10.6 Å². The van der Waals surface area contributed by atoms with Crippen molar-refractivity contribution in [2.45, 2.75) is 44.2 Å². The van der Waals surface area contributed by atoms with Gasteiger partial charge in [0.2, 0.25) is 0 Å². The molecule has 0 aliphatic carbocycles. The molecule has 0 saturated carbocycles. The molecule has 1 spiro atoms. The van der Waals surface area contributed by atoms with Crippen molar-refractivity contribution < 1.29 is 9.47 Å². The molecule has 2 aliphatic heterocycles. The van der Waals surface area contributed by atoms with Crippen molar-refractivity contribution in [3.8, 4) is 0 Å². The maximum Gasteiger partial charge on any atom is 0.0772 e. The molecule has 3 rings (SSSR count). The molecule has 0 bridgehead atoms. The van der Waals surface area contributed by atoms with Gasteiger partial charge in [-0.15, -0.1) is 5.10 Å². The van der Waals surface area contributed by atoms with E-state index in [1.165, 1.54) is 16.4 Å². The fourth-order valence-electron chi connectivity index (χ4n) is 3.55. The fourth-order valence-corrected chi connectivity index (χ4v) is 4.39. The highest BCUT2D eigenvalue weighted by Gasteiger charge is 2.41. The molecule has 6 heteroatoms. The van der Waals surface area contributed by atoms with Crippen LogP contribution in [-0.4, -0.2) is 42.1 Å². The van der Waals surface area contributed by atoms with Crippen molar-refractivity contribution in [2.24, 2.45) is 5.92 Å². The summed E-state index contributed by atoms with van der Waals surface area (Å²) in [5.41, 5.74) is 1.10. The normalized spacial score (nSPS) is 27.6. The van der Waals surface area contributed by atoms with E-state index < -0.39 is 0 Å². The summed E-state index contributed by atoms with van der Waals surface area (Å²) >= 11 is 1.52. The van der Waals surface area contributed by atoms with E-state index >= 15 is 0 Å². The average molecular weight is 297 g/mol. The number of hydrogen-bond donors (Lipinski definition) is 1. The number of hydrogen-bond acceptors (Lipinski definition) is 6. The minimum absolute atomic E-state index is 0.0439. The largest absolute Gasteiger partial charge is 0.381 e. The molecule has 5 nitrogen and oxygen atoms in total. The zero-order valence-corrected chi connectivity index (χ0v) is 13.0. The van der Waals surface area contributed by atoms with Crippen LogP contribution in [0.25, 0.3) is 0 Å². The molecule has 1 aromatic heterocycles. The van der Waals surface area contributed by atoms with Gasteiger partial charge in [0.1, 0.15) is 0 Å². The zero-order chi connectivity index (χ0) is 14.0. The van der Waals surface area contributed by atoms with Crippen LogP contribution in [0.5, 0.6) is 0 Å². The van der Waals surface area contributed by atoms with Gasteiger partial charge in [-0.1, -0.05) is 4.49 Å². The van der Waals surface area contributed by atoms with Crippen molar-refractivity contribution in [1.82, 2.24) is 14.9 Å². The van der Waals surface area contributed by atoms with Crippen LogP contribution in [0.2, 0.25) is 0 Å². The molecule has 20 heavy (non-hydrogen) atoms. The van der Waals surface area contributed by atoms with Gasteiger partial charge in [-0.05, 0) is 57.1 Å². The number of rotatable bonds is 3. The minimum atomic E-state index is 0.0439. The molecule has 3 heterocycles. The van der Waals surface area contributed by atoms with Crippen LogP contribution in [0, 0.1) is 12.8 Å². The van der Waals surface area contributed by atoms with Crippen LogP contribution < -0.4 is 5.32 Å². The SMILES string of the molecule is CNC(c1snnc1C)C1CCOC2(CCOCC2)C1. The first kappa shape index (κ1) is 14.4. The Hall–Kier alpha value is -0.560. The number of nitrogens with one attached hydrogen (secondary N) is 1. The molecule has 2 unspecified atom stereocenters. The molecule has 0 amide bonds. The van der Waals surface area contributed by atoms with Crippen LogP contribution in [0.4, 0.5) is 0 Å². The number of aromatic nitrogens is 2. The highest BCUT2D eigenvalue weighted by atomic mass is 32.1. The summed E-state index contributed by atoms with van der Waals surface area (Å²) in [4.78, 5) is 1.28. The molecular formula is C14H23N3O2S. The molecule has 0 radical (unpaired) electrons. The molecule has 2 fully saturated rings. The third-order valence-electron chi connectivity index (χ3n) is 4.69. The fraction of sp³-hybridized carbons (Fsp3) is 0.857. The maximum atomic E-state index is 6.14. The first-order chi connectivity index (χ1) is 9.74. The van der Waals surface area contributed by atoms with Crippen molar-refractivity contribution in [3.63, 3.8) is 0 Å². The van der Waals surface area contributed by atoms with Gasteiger partial charge in [-0.25, -0.2) is 0 Å². The summed E-state index contributed by atoms with van der Waals surface area (Å²) in [6.45, 7) is 4.57. The Kier molecular flexibility index (Phi) is 4.35. The third kappa shape index (κ3) is 2.74. The number of ether oxygens (including phenoxy) is 2. The predicted octanol–water partition coefficient (Wildman–Crippen LogP) is 2.08. The van der Waals surface area contributed by atoms with E-state index in [1.807, 2.05) is 14.0 Å². The van der Waals surface area contributed by atoms with Gasteiger partial charge in [-0.3, -0.25) is 0 Å². The summed E-state index contributed by atoms with van der Waals surface area (Å²) in [6, 6.07) is 0.346. The Morgan fingerprint density at radius 3 is 2.80 bits per heavy atom. The average Bonchev–Trinajstić information content (AvgIpc) is 2.87. The smallest absolute Gasteiger partial charge is 0.0772 e. The lowest BCUT2D eigenvalue weighted by Gasteiger charge is -2.45. The molecule has 1 aromatic rings. The topological polar surface area (TPSA) is 56.3 Å². The molecule has 2 saturated heterocycles.